The number of amides is 1. The molecule has 1 N–H and O–H groups in total. The molecule has 0 saturated heterocycles. The second-order valence-electron chi connectivity index (χ2n) is 8.22. The van der Waals surface area contributed by atoms with Crippen LogP contribution in [0.25, 0.3) is 0 Å². The van der Waals surface area contributed by atoms with E-state index in [1.807, 2.05) is 25.6 Å². The standard InChI is InChI=1S/C20H30F3N3O5S/c1-13-9-25(3)14(2)11-31-17-8-15(24-32(28,29)12-20(21,22)23)6-7-16(17)19(27)26(4)10-18(13)30-5/h6-8,13-14,18,24H,9-12H2,1-5H3/t13-,14+,18+/m0/s1. The van der Waals surface area contributed by atoms with Crippen LogP contribution in [-0.4, -0.2) is 89.1 Å². The molecule has 0 radical (unpaired) electrons. The first-order valence-electron chi connectivity index (χ1n) is 10.0. The Kier molecular flexibility index (Phi) is 8.40. The SMILES string of the molecule is CO[C@@H]1CN(C)C(=O)c2ccc(NS(=O)(=O)CC(F)(F)F)cc2OC[C@@H](C)N(C)C[C@@H]1C. The van der Waals surface area contributed by atoms with Gasteiger partial charge in [-0.3, -0.25) is 14.4 Å². The molecule has 0 aromatic heterocycles. The Morgan fingerprint density at radius 2 is 1.88 bits per heavy atom. The van der Waals surface area contributed by atoms with Crippen molar-refractivity contribution in [2.24, 2.45) is 5.92 Å². The van der Waals surface area contributed by atoms with E-state index in [2.05, 4.69) is 4.90 Å². The van der Waals surface area contributed by atoms with E-state index in [9.17, 15) is 26.4 Å². The average Bonchev–Trinajstić information content (AvgIpc) is 2.66. The van der Waals surface area contributed by atoms with Crippen LogP contribution in [0.15, 0.2) is 18.2 Å². The molecule has 12 heteroatoms. The number of nitrogens with one attached hydrogen (secondary N) is 1. The number of carbonyl (C=O) groups excluding carboxylic acids is 1. The number of alkyl halides is 3. The van der Waals surface area contributed by atoms with Gasteiger partial charge in [0.15, 0.2) is 5.75 Å². The summed E-state index contributed by atoms with van der Waals surface area (Å²) in [6.45, 7) is 5.16. The van der Waals surface area contributed by atoms with Crippen molar-refractivity contribution >= 4 is 21.6 Å². The second-order valence-corrected chi connectivity index (χ2v) is 9.95. The van der Waals surface area contributed by atoms with Gasteiger partial charge in [-0.15, -0.1) is 0 Å². The van der Waals surface area contributed by atoms with E-state index in [-0.39, 0.29) is 47.6 Å². The minimum absolute atomic E-state index is 0.0550. The molecule has 0 spiro atoms. The third-order valence-corrected chi connectivity index (χ3v) is 6.64. The van der Waals surface area contributed by atoms with Gasteiger partial charge in [0, 0.05) is 39.4 Å². The zero-order valence-corrected chi connectivity index (χ0v) is 19.6. The van der Waals surface area contributed by atoms with E-state index < -0.39 is 22.0 Å². The third kappa shape index (κ3) is 7.24. The number of rotatable bonds is 4. The Balaban J connectivity index is 2.39. The van der Waals surface area contributed by atoms with Crippen molar-refractivity contribution < 1.29 is 35.9 Å². The lowest BCUT2D eigenvalue weighted by Gasteiger charge is -2.34. The average molecular weight is 482 g/mol. The van der Waals surface area contributed by atoms with Crippen LogP contribution >= 0.6 is 0 Å². The lowest BCUT2D eigenvalue weighted by atomic mass is 10.0. The predicted octanol–water partition coefficient (Wildman–Crippen LogP) is 2.43. The van der Waals surface area contributed by atoms with Gasteiger partial charge in [-0.25, -0.2) is 8.42 Å². The predicted molar refractivity (Wildman–Crippen MR) is 114 cm³/mol. The maximum Gasteiger partial charge on any atom is 0.404 e. The number of fused-ring (bicyclic) bond motifs is 1. The summed E-state index contributed by atoms with van der Waals surface area (Å²) in [6, 6.07) is 3.75. The van der Waals surface area contributed by atoms with Crippen LogP contribution in [0.5, 0.6) is 5.75 Å². The fraction of sp³-hybridized carbons (Fsp3) is 0.650. The number of benzene rings is 1. The molecule has 0 fully saturated rings. The number of methoxy groups -OCH3 is 1. The van der Waals surface area contributed by atoms with Gasteiger partial charge in [0.25, 0.3) is 5.91 Å². The van der Waals surface area contributed by atoms with Crippen LogP contribution in [-0.2, 0) is 14.8 Å². The minimum atomic E-state index is -4.88. The largest absolute Gasteiger partial charge is 0.491 e. The summed E-state index contributed by atoms with van der Waals surface area (Å²) in [6.07, 6.45) is -5.09. The first-order valence-corrected chi connectivity index (χ1v) is 11.7. The number of halogens is 3. The number of hydrogen-bond donors (Lipinski definition) is 1. The lowest BCUT2D eigenvalue weighted by Crippen LogP contribution is -2.45. The van der Waals surface area contributed by atoms with E-state index in [4.69, 9.17) is 9.47 Å². The molecule has 0 bridgehead atoms. The van der Waals surface area contributed by atoms with Crippen molar-refractivity contribution in [2.45, 2.75) is 32.2 Å². The minimum Gasteiger partial charge on any atom is -0.491 e. The van der Waals surface area contributed by atoms with Crippen molar-refractivity contribution in [3.63, 3.8) is 0 Å². The number of ether oxygens (including phenoxy) is 2. The summed E-state index contributed by atoms with van der Waals surface area (Å²) in [5, 5.41) is 0. The van der Waals surface area contributed by atoms with Gasteiger partial charge in [-0.2, -0.15) is 13.2 Å². The molecule has 0 saturated carbocycles. The molecule has 1 heterocycles. The molecular weight excluding hydrogens is 451 g/mol. The summed E-state index contributed by atoms with van der Waals surface area (Å²) in [7, 11) is 0.463. The molecule has 1 aromatic carbocycles. The third-order valence-electron chi connectivity index (χ3n) is 5.39. The van der Waals surface area contributed by atoms with Crippen molar-refractivity contribution in [1.82, 2.24) is 9.80 Å². The molecule has 1 aliphatic heterocycles. The number of hydrogen-bond acceptors (Lipinski definition) is 6. The van der Waals surface area contributed by atoms with Crippen LogP contribution in [0.1, 0.15) is 24.2 Å². The van der Waals surface area contributed by atoms with Gasteiger partial charge >= 0.3 is 6.18 Å². The quantitative estimate of drug-likeness (QED) is 0.711. The summed E-state index contributed by atoms with van der Waals surface area (Å²) >= 11 is 0. The molecule has 8 nitrogen and oxygen atoms in total. The van der Waals surface area contributed by atoms with Crippen LogP contribution < -0.4 is 9.46 Å². The molecule has 0 aliphatic carbocycles. The van der Waals surface area contributed by atoms with Crippen molar-refractivity contribution in [3.8, 4) is 5.75 Å². The first-order chi connectivity index (χ1) is 14.7. The highest BCUT2D eigenvalue weighted by atomic mass is 32.2. The fourth-order valence-electron chi connectivity index (χ4n) is 3.45. The highest BCUT2D eigenvalue weighted by Crippen LogP contribution is 2.28. The summed E-state index contributed by atoms with van der Waals surface area (Å²) < 4.78 is 74.6. The van der Waals surface area contributed by atoms with E-state index in [0.29, 0.717) is 13.1 Å². The molecule has 1 aliphatic rings. The molecular formula is C20H30F3N3O5S. The van der Waals surface area contributed by atoms with E-state index >= 15 is 0 Å². The number of likely N-dealkylation sites (N-methyl/N-ethyl adjacent to an activating group) is 2. The molecule has 1 amide bonds. The Bertz CT molecular complexity index is 910. The summed E-state index contributed by atoms with van der Waals surface area (Å²) in [5.41, 5.74) is 0.0455. The fourth-order valence-corrected chi connectivity index (χ4v) is 4.44. The van der Waals surface area contributed by atoms with Gasteiger partial charge < -0.3 is 14.4 Å². The number of anilines is 1. The van der Waals surface area contributed by atoms with E-state index in [1.165, 1.54) is 23.1 Å². The maximum absolute atomic E-state index is 13.0. The molecule has 32 heavy (non-hydrogen) atoms. The molecule has 0 unspecified atom stereocenters. The van der Waals surface area contributed by atoms with E-state index in [1.54, 1.807) is 14.2 Å². The Labute approximate surface area is 186 Å². The summed E-state index contributed by atoms with van der Waals surface area (Å²) in [5.74, 6) is -2.18. The number of sulfonamides is 1. The second kappa shape index (κ2) is 10.3. The van der Waals surface area contributed by atoms with Crippen LogP contribution in [0.4, 0.5) is 18.9 Å². The molecule has 2 rings (SSSR count). The Morgan fingerprint density at radius 1 is 1.22 bits per heavy atom. The monoisotopic (exact) mass is 481 g/mol. The normalized spacial score (nSPS) is 24.2. The Hall–Kier alpha value is -2.05. The Morgan fingerprint density at radius 3 is 2.47 bits per heavy atom. The smallest absolute Gasteiger partial charge is 0.404 e. The van der Waals surface area contributed by atoms with Crippen molar-refractivity contribution in [3.05, 3.63) is 23.8 Å². The number of carbonyl (C=O) groups is 1. The number of nitrogens with zero attached hydrogens (tertiary/aromatic N) is 2. The molecule has 3 atom stereocenters. The lowest BCUT2D eigenvalue weighted by molar-refractivity contribution is -0.106. The van der Waals surface area contributed by atoms with Crippen molar-refractivity contribution in [1.29, 1.82) is 0 Å². The van der Waals surface area contributed by atoms with E-state index in [0.717, 1.165) is 0 Å². The topological polar surface area (TPSA) is 88.2 Å². The molecule has 1 aromatic rings. The van der Waals surface area contributed by atoms with Crippen LogP contribution in [0.2, 0.25) is 0 Å². The van der Waals surface area contributed by atoms with Gasteiger partial charge in [0.2, 0.25) is 10.0 Å². The summed E-state index contributed by atoms with van der Waals surface area (Å²) in [4.78, 5) is 16.6. The van der Waals surface area contributed by atoms with Gasteiger partial charge in [0.05, 0.1) is 17.4 Å². The zero-order valence-electron chi connectivity index (χ0n) is 18.8. The maximum atomic E-state index is 13.0. The van der Waals surface area contributed by atoms with Gasteiger partial charge in [0.1, 0.15) is 12.4 Å². The highest BCUT2D eigenvalue weighted by molar-refractivity contribution is 7.92. The first kappa shape index (κ1) is 26.2. The van der Waals surface area contributed by atoms with Gasteiger partial charge in [-0.05, 0) is 32.0 Å². The van der Waals surface area contributed by atoms with Crippen LogP contribution in [0.3, 0.4) is 0 Å². The van der Waals surface area contributed by atoms with Gasteiger partial charge in [-0.1, -0.05) is 6.92 Å². The van der Waals surface area contributed by atoms with Crippen molar-refractivity contribution in [2.75, 3.05) is 51.4 Å². The highest BCUT2D eigenvalue weighted by Gasteiger charge is 2.35. The van der Waals surface area contributed by atoms with Crippen LogP contribution in [0, 0.1) is 5.92 Å². The molecule has 182 valence electrons. The zero-order chi connectivity index (χ0) is 24.3.